The van der Waals surface area contributed by atoms with Gasteiger partial charge in [-0.15, -0.1) is 0 Å². The molecule has 30 heavy (non-hydrogen) atoms. The first-order chi connectivity index (χ1) is 14.4. The number of hydrogen-bond acceptors (Lipinski definition) is 6. The summed E-state index contributed by atoms with van der Waals surface area (Å²) in [6.07, 6.45) is 3.62. The summed E-state index contributed by atoms with van der Waals surface area (Å²) >= 11 is 0. The Morgan fingerprint density at radius 2 is 2.00 bits per heavy atom. The summed E-state index contributed by atoms with van der Waals surface area (Å²) in [4.78, 5) is 36.8. The van der Waals surface area contributed by atoms with Gasteiger partial charge in [-0.2, -0.15) is 4.98 Å². The summed E-state index contributed by atoms with van der Waals surface area (Å²) in [5.74, 6) is 1.23. The van der Waals surface area contributed by atoms with E-state index in [-0.39, 0.29) is 23.8 Å². The van der Waals surface area contributed by atoms with Crippen molar-refractivity contribution in [3.63, 3.8) is 0 Å². The minimum absolute atomic E-state index is 0.0227. The van der Waals surface area contributed by atoms with Gasteiger partial charge < -0.3 is 20.9 Å². The van der Waals surface area contributed by atoms with E-state index in [4.69, 9.17) is 5.73 Å². The maximum Gasteiger partial charge on any atom is 0.241 e. The molecule has 2 aromatic rings. The van der Waals surface area contributed by atoms with E-state index in [9.17, 15) is 9.59 Å². The monoisotopic (exact) mass is 408 g/mol. The second kappa shape index (κ2) is 8.30. The quantitative estimate of drug-likeness (QED) is 0.742. The molecule has 2 fully saturated rings. The van der Waals surface area contributed by atoms with Crippen LogP contribution in [-0.4, -0.2) is 59.4 Å². The van der Waals surface area contributed by atoms with Gasteiger partial charge >= 0.3 is 0 Å². The Morgan fingerprint density at radius 1 is 1.20 bits per heavy atom. The lowest BCUT2D eigenvalue weighted by atomic mass is 9.76. The van der Waals surface area contributed by atoms with Crippen molar-refractivity contribution in [2.24, 2.45) is 11.3 Å². The van der Waals surface area contributed by atoms with Crippen LogP contribution in [0, 0.1) is 11.3 Å². The summed E-state index contributed by atoms with van der Waals surface area (Å²) in [5, 5.41) is 2.62. The number of likely N-dealkylation sites (tertiary alicyclic amines) is 1. The highest BCUT2D eigenvalue weighted by Crippen LogP contribution is 2.46. The first kappa shape index (κ1) is 20.1. The Bertz CT molecular complexity index is 921. The first-order valence-corrected chi connectivity index (χ1v) is 10.3. The molecule has 1 aromatic carbocycles. The fourth-order valence-corrected chi connectivity index (χ4v) is 4.74. The van der Waals surface area contributed by atoms with Gasteiger partial charge in [-0.05, 0) is 24.5 Å². The van der Waals surface area contributed by atoms with Crippen LogP contribution < -0.4 is 16.0 Å². The van der Waals surface area contributed by atoms with Crippen LogP contribution in [0.2, 0.25) is 0 Å². The topological polar surface area (TPSA) is 104 Å². The van der Waals surface area contributed by atoms with Crippen molar-refractivity contribution >= 4 is 23.6 Å². The summed E-state index contributed by atoms with van der Waals surface area (Å²) in [5.41, 5.74) is 7.13. The van der Waals surface area contributed by atoms with Gasteiger partial charge in [0.2, 0.25) is 17.8 Å². The molecule has 0 aliphatic carbocycles. The molecule has 158 valence electrons. The number of benzene rings is 1. The van der Waals surface area contributed by atoms with Crippen molar-refractivity contribution in [3.8, 4) is 0 Å². The maximum absolute atomic E-state index is 12.6. The van der Waals surface area contributed by atoms with Gasteiger partial charge in [-0.3, -0.25) is 9.59 Å². The molecular weight excluding hydrogens is 380 g/mol. The van der Waals surface area contributed by atoms with E-state index in [1.807, 2.05) is 11.0 Å². The number of rotatable bonds is 6. The Labute approximate surface area is 176 Å². The molecule has 2 amide bonds. The van der Waals surface area contributed by atoms with Crippen LogP contribution in [0.5, 0.6) is 0 Å². The maximum atomic E-state index is 12.6. The number of amides is 2. The predicted octanol–water partition coefficient (Wildman–Crippen LogP) is 1.09. The van der Waals surface area contributed by atoms with E-state index in [2.05, 4.69) is 44.5 Å². The van der Waals surface area contributed by atoms with Crippen molar-refractivity contribution < 1.29 is 9.59 Å². The van der Waals surface area contributed by atoms with Gasteiger partial charge in [0, 0.05) is 50.6 Å². The number of nitrogen functional groups attached to an aromatic ring is 1. The normalized spacial score (nSPS) is 22.8. The number of nitrogens with zero attached hydrogens (tertiary/aromatic N) is 4. The molecule has 2 atom stereocenters. The van der Waals surface area contributed by atoms with Crippen molar-refractivity contribution in [3.05, 3.63) is 48.2 Å². The average molecular weight is 409 g/mol. The van der Waals surface area contributed by atoms with Gasteiger partial charge in [-0.25, -0.2) is 4.98 Å². The van der Waals surface area contributed by atoms with Gasteiger partial charge in [0.15, 0.2) is 0 Å². The van der Waals surface area contributed by atoms with Crippen molar-refractivity contribution in [2.45, 2.75) is 19.8 Å². The van der Waals surface area contributed by atoms with Crippen molar-refractivity contribution in [1.29, 1.82) is 0 Å². The van der Waals surface area contributed by atoms with Gasteiger partial charge in [0.1, 0.15) is 5.82 Å². The molecule has 2 aliphatic rings. The smallest absolute Gasteiger partial charge is 0.241 e. The molecule has 1 aromatic heterocycles. The highest BCUT2D eigenvalue weighted by atomic mass is 16.2. The summed E-state index contributed by atoms with van der Waals surface area (Å²) in [7, 11) is 0. The van der Waals surface area contributed by atoms with E-state index in [1.165, 1.54) is 12.5 Å². The lowest BCUT2D eigenvalue weighted by Gasteiger charge is -2.29. The molecule has 2 aliphatic heterocycles. The van der Waals surface area contributed by atoms with Crippen LogP contribution in [-0.2, 0) is 16.0 Å². The van der Waals surface area contributed by atoms with Crippen molar-refractivity contribution in [1.82, 2.24) is 20.2 Å². The highest BCUT2D eigenvalue weighted by Gasteiger charge is 2.53. The largest absolute Gasteiger partial charge is 0.384 e. The Morgan fingerprint density at radius 3 is 2.73 bits per heavy atom. The molecule has 0 spiro atoms. The molecule has 3 heterocycles. The number of fused-ring (bicyclic) bond motifs is 1. The minimum atomic E-state index is -0.188. The second-order valence-corrected chi connectivity index (χ2v) is 8.39. The molecule has 0 radical (unpaired) electrons. The summed E-state index contributed by atoms with van der Waals surface area (Å²) < 4.78 is 0. The van der Waals surface area contributed by atoms with Crippen LogP contribution in [0.25, 0.3) is 0 Å². The molecular formula is C22H28N6O2. The molecule has 0 unspecified atom stereocenters. The van der Waals surface area contributed by atoms with Crippen LogP contribution in [0.1, 0.15) is 18.9 Å². The van der Waals surface area contributed by atoms with E-state index < -0.39 is 0 Å². The van der Waals surface area contributed by atoms with Crippen LogP contribution in [0.15, 0.2) is 42.6 Å². The number of anilines is 2. The zero-order valence-electron chi connectivity index (χ0n) is 17.3. The van der Waals surface area contributed by atoms with E-state index in [0.717, 1.165) is 25.9 Å². The zero-order chi connectivity index (χ0) is 21.1. The molecule has 8 heteroatoms. The Hall–Kier alpha value is -3.16. The second-order valence-electron chi connectivity index (χ2n) is 8.39. The lowest BCUT2D eigenvalue weighted by molar-refractivity contribution is -0.132. The van der Waals surface area contributed by atoms with Crippen LogP contribution in [0.4, 0.5) is 11.8 Å². The van der Waals surface area contributed by atoms with E-state index in [1.54, 1.807) is 12.3 Å². The fourth-order valence-electron chi connectivity index (χ4n) is 4.74. The molecule has 2 saturated heterocycles. The number of aromatic nitrogens is 2. The van der Waals surface area contributed by atoms with Gasteiger partial charge in [0.25, 0.3) is 0 Å². The van der Waals surface area contributed by atoms with Gasteiger partial charge in [0.05, 0.1) is 6.54 Å². The van der Waals surface area contributed by atoms with E-state index in [0.29, 0.717) is 30.8 Å². The van der Waals surface area contributed by atoms with E-state index >= 15 is 0 Å². The highest BCUT2D eigenvalue weighted by molar-refractivity contribution is 5.84. The summed E-state index contributed by atoms with van der Waals surface area (Å²) in [6.45, 7) is 4.43. The number of aryl methyl sites for hydroxylation is 1. The SMILES string of the molecule is CC(=O)NCC(=O)N1C[C@@H]2CN(c3nccc(N)n3)C[C@]2(CCc2ccccc2)C1. The number of nitrogens with one attached hydrogen (secondary N) is 1. The summed E-state index contributed by atoms with van der Waals surface area (Å²) in [6, 6.07) is 12.1. The molecule has 3 N–H and O–H groups in total. The third-order valence-corrected chi connectivity index (χ3v) is 6.30. The lowest BCUT2D eigenvalue weighted by Crippen LogP contribution is -2.41. The third kappa shape index (κ3) is 4.22. The Balaban J connectivity index is 1.51. The molecule has 0 saturated carbocycles. The number of nitrogens with two attached hydrogens (primary N) is 1. The van der Waals surface area contributed by atoms with Crippen LogP contribution >= 0.6 is 0 Å². The van der Waals surface area contributed by atoms with Gasteiger partial charge in [-0.1, -0.05) is 30.3 Å². The molecule has 4 rings (SSSR count). The Kier molecular flexibility index (Phi) is 5.57. The minimum Gasteiger partial charge on any atom is -0.384 e. The first-order valence-electron chi connectivity index (χ1n) is 10.3. The number of carbonyl (C=O) groups excluding carboxylic acids is 2. The zero-order valence-corrected chi connectivity index (χ0v) is 17.3. The standard InChI is InChI=1S/C22H28N6O2/c1-16(29)25-11-20(30)27-12-18-13-28(21-24-10-8-19(23)26-21)15-22(18,14-27)9-7-17-5-3-2-4-6-17/h2-6,8,10,18H,7,9,11-15H2,1H3,(H,25,29)(H2,23,24,26)/t18-,22+/m1/s1. The average Bonchev–Trinajstić information content (AvgIpc) is 3.26. The number of carbonyl (C=O) groups is 2. The number of hydrogen-bond donors (Lipinski definition) is 2. The fraction of sp³-hybridized carbons (Fsp3) is 0.455. The molecule has 8 nitrogen and oxygen atoms in total. The van der Waals surface area contributed by atoms with Crippen molar-refractivity contribution in [2.75, 3.05) is 43.4 Å². The van der Waals surface area contributed by atoms with Crippen LogP contribution in [0.3, 0.4) is 0 Å². The molecule has 0 bridgehead atoms. The third-order valence-electron chi connectivity index (χ3n) is 6.30. The predicted molar refractivity (Wildman–Crippen MR) is 115 cm³/mol.